The van der Waals surface area contributed by atoms with E-state index in [-0.39, 0.29) is 28.8 Å². The Balaban J connectivity index is 1.39. The molecule has 40 heavy (non-hydrogen) atoms. The van der Waals surface area contributed by atoms with Crippen molar-refractivity contribution >= 4 is 22.8 Å². The van der Waals surface area contributed by atoms with Crippen molar-refractivity contribution in [3.8, 4) is 34.1 Å². The number of benzene rings is 2. The van der Waals surface area contributed by atoms with Gasteiger partial charge in [-0.15, -0.1) is 0 Å². The highest BCUT2D eigenvalue weighted by Crippen LogP contribution is 2.37. The van der Waals surface area contributed by atoms with Crippen LogP contribution in [-0.2, 0) is 11.8 Å². The summed E-state index contributed by atoms with van der Waals surface area (Å²) in [6.45, 7) is 2.82. The summed E-state index contributed by atoms with van der Waals surface area (Å²) < 4.78 is 33.3. The van der Waals surface area contributed by atoms with Crippen LogP contribution in [0.1, 0.15) is 19.8 Å². The summed E-state index contributed by atoms with van der Waals surface area (Å²) in [5.41, 5.74) is 0.887. The van der Waals surface area contributed by atoms with E-state index in [4.69, 9.17) is 14.2 Å². The van der Waals surface area contributed by atoms with Gasteiger partial charge in [0.15, 0.2) is 23.1 Å². The fourth-order valence-corrected chi connectivity index (χ4v) is 4.85. The van der Waals surface area contributed by atoms with Crippen molar-refractivity contribution in [2.24, 2.45) is 7.05 Å². The van der Waals surface area contributed by atoms with Crippen LogP contribution in [-0.4, -0.2) is 58.7 Å². The molecule has 1 amide bonds. The molecule has 10 nitrogen and oxygen atoms in total. The maximum atomic E-state index is 15.2. The van der Waals surface area contributed by atoms with Gasteiger partial charge in [0.25, 0.3) is 5.56 Å². The predicted octanol–water partition coefficient (Wildman–Crippen LogP) is 4.37. The number of pyridine rings is 1. The minimum atomic E-state index is -0.640. The van der Waals surface area contributed by atoms with Crippen molar-refractivity contribution in [2.45, 2.75) is 25.8 Å². The number of rotatable bonds is 7. The molecule has 0 saturated carbocycles. The Hall–Kier alpha value is -4.67. The Bertz CT molecular complexity index is 1640. The summed E-state index contributed by atoms with van der Waals surface area (Å²) in [7, 11) is 4.67. The molecule has 208 valence electrons. The van der Waals surface area contributed by atoms with Gasteiger partial charge in [-0.2, -0.15) is 0 Å². The van der Waals surface area contributed by atoms with Gasteiger partial charge in [0.2, 0.25) is 11.9 Å². The lowest BCUT2D eigenvalue weighted by atomic mass is 10.1. The second kappa shape index (κ2) is 11.2. The number of nitrogens with zero attached hydrogens (tertiary/aromatic N) is 4. The normalized spacial score (nSPS) is 15.1. The van der Waals surface area contributed by atoms with E-state index in [2.05, 4.69) is 15.3 Å². The minimum absolute atomic E-state index is 0.0126. The number of halogens is 1. The van der Waals surface area contributed by atoms with Gasteiger partial charge in [0, 0.05) is 56.9 Å². The lowest BCUT2D eigenvalue weighted by molar-refractivity contribution is -0.129. The van der Waals surface area contributed by atoms with Crippen LogP contribution in [0.2, 0.25) is 0 Å². The zero-order valence-corrected chi connectivity index (χ0v) is 22.7. The number of carbonyl (C=O) groups is 1. The molecule has 0 radical (unpaired) electrons. The zero-order valence-electron chi connectivity index (χ0n) is 22.7. The molecule has 1 aliphatic rings. The molecule has 5 rings (SSSR count). The van der Waals surface area contributed by atoms with Crippen LogP contribution in [0.4, 0.5) is 10.3 Å². The Morgan fingerprint density at radius 2 is 1.82 bits per heavy atom. The number of hydrogen-bond donors (Lipinski definition) is 1. The van der Waals surface area contributed by atoms with Crippen LogP contribution in [0.25, 0.3) is 22.0 Å². The van der Waals surface area contributed by atoms with Gasteiger partial charge in [-0.05, 0) is 42.7 Å². The third kappa shape index (κ3) is 5.27. The lowest BCUT2D eigenvalue weighted by Gasteiger charge is -2.33. The standard InChI is InChI=1S/C29H30FN5O5/c1-17(36)35-11-5-6-19(16-35)33-29-32-15-21(28(37)34(29)2)18-7-8-25(22(30)12-18)40-24-9-10-31-23-14-27(39-4)26(38-3)13-20(23)24/h7-10,12-15,19H,5-6,11,16H2,1-4H3,(H,32,33). The number of aromatic nitrogens is 3. The molecule has 0 aliphatic carbocycles. The maximum Gasteiger partial charge on any atom is 0.262 e. The highest BCUT2D eigenvalue weighted by molar-refractivity contribution is 5.88. The van der Waals surface area contributed by atoms with Crippen LogP contribution in [0.3, 0.4) is 0 Å². The van der Waals surface area contributed by atoms with Crippen molar-refractivity contribution in [1.29, 1.82) is 0 Å². The van der Waals surface area contributed by atoms with Gasteiger partial charge >= 0.3 is 0 Å². The third-order valence-corrected chi connectivity index (χ3v) is 7.04. The van der Waals surface area contributed by atoms with E-state index in [1.807, 2.05) is 0 Å². The molecule has 2 aromatic heterocycles. The Morgan fingerprint density at radius 3 is 2.55 bits per heavy atom. The molecule has 1 saturated heterocycles. The van der Waals surface area contributed by atoms with Gasteiger partial charge in [0.05, 0.1) is 25.3 Å². The molecular formula is C29H30FN5O5. The third-order valence-electron chi connectivity index (χ3n) is 7.04. The largest absolute Gasteiger partial charge is 0.493 e. The zero-order chi connectivity index (χ0) is 28.4. The van der Waals surface area contributed by atoms with Crippen LogP contribution >= 0.6 is 0 Å². The molecule has 1 aliphatic heterocycles. The molecule has 1 unspecified atom stereocenters. The lowest BCUT2D eigenvalue weighted by Crippen LogP contribution is -2.45. The summed E-state index contributed by atoms with van der Waals surface area (Å²) in [6.07, 6.45) is 4.72. The SMILES string of the molecule is COc1cc2nccc(Oc3ccc(-c4cnc(NC5CCCN(C(C)=O)C5)n(C)c4=O)cc3F)c2cc1OC. The fourth-order valence-electron chi connectivity index (χ4n) is 4.85. The van der Waals surface area contributed by atoms with Gasteiger partial charge in [-0.3, -0.25) is 19.1 Å². The van der Waals surface area contributed by atoms with Crippen molar-refractivity contribution in [3.63, 3.8) is 0 Å². The molecule has 3 heterocycles. The monoisotopic (exact) mass is 547 g/mol. The number of piperidine rings is 1. The van der Waals surface area contributed by atoms with Gasteiger partial charge in [-0.25, -0.2) is 9.37 Å². The van der Waals surface area contributed by atoms with E-state index in [0.717, 1.165) is 19.4 Å². The van der Waals surface area contributed by atoms with E-state index < -0.39 is 5.82 Å². The molecule has 0 bridgehead atoms. The first kappa shape index (κ1) is 26.9. The molecule has 1 fully saturated rings. The number of ether oxygens (including phenoxy) is 3. The molecular weight excluding hydrogens is 517 g/mol. The fraction of sp³-hybridized carbons (Fsp3) is 0.310. The minimum Gasteiger partial charge on any atom is -0.493 e. The summed E-state index contributed by atoms with van der Waals surface area (Å²) >= 11 is 0. The van der Waals surface area contributed by atoms with E-state index in [0.29, 0.717) is 46.2 Å². The summed E-state index contributed by atoms with van der Waals surface area (Å²) in [4.78, 5) is 35.5. The second-order valence-electron chi connectivity index (χ2n) is 9.59. The molecule has 2 aromatic carbocycles. The number of hydrogen-bond acceptors (Lipinski definition) is 8. The average Bonchev–Trinajstić information content (AvgIpc) is 2.96. The van der Waals surface area contributed by atoms with Gasteiger partial charge in [-0.1, -0.05) is 6.07 Å². The Morgan fingerprint density at radius 1 is 1.05 bits per heavy atom. The van der Waals surface area contributed by atoms with Crippen molar-refractivity contribution in [3.05, 3.63) is 65.0 Å². The maximum absolute atomic E-state index is 15.2. The predicted molar refractivity (Wildman–Crippen MR) is 149 cm³/mol. The number of amides is 1. The van der Waals surface area contributed by atoms with Gasteiger partial charge in [0.1, 0.15) is 5.75 Å². The topological polar surface area (TPSA) is 108 Å². The number of methoxy groups -OCH3 is 2. The smallest absolute Gasteiger partial charge is 0.262 e. The number of carbonyl (C=O) groups excluding carboxylic acids is 1. The highest BCUT2D eigenvalue weighted by atomic mass is 19.1. The van der Waals surface area contributed by atoms with Crippen LogP contribution < -0.4 is 25.1 Å². The number of nitrogens with one attached hydrogen (secondary N) is 1. The van der Waals surface area contributed by atoms with Crippen LogP contribution in [0.15, 0.2) is 53.6 Å². The first-order valence-electron chi connectivity index (χ1n) is 12.9. The average molecular weight is 548 g/mol. The van der Waals surface area contributed by atoms with E-state index in [1.165, 1.54) is 37.1 Å². The quantitative estimate of drug-likeness (QED) is 0.364. The van der Waals surface area contributed by atoms with E-state index in [1.54, 1.807) is 49.3 Å². The molecule has 4 aromatic rings. The number of fused-ring (bicyclic) bond motifs is 1. The van der Waals surface area contributed by atoms with Crippen molar-refractivity contribution in [1.82, 2.24) is 19.4 Å². The Kier molecular flexibility index (Phi) is 7.54. The van der Waals surface area contributed by atoms with Crippen molar-refractivity contribution in [2.75, 3.05) is 32.6 Å². The first-order chi connectivity index (χ1) is 19.3. The van der Waals surface area contributed by atoms with Crippen LogP contribution in [0, 0.1) is 5.82 Å². The van der Waals surface area contributed by atoms with Crippen LogP contribution in [0.5, 0.6) is 23.0 Å². The highest BCUT2D eigenvalue weighted by Gasteiger charge is 2.23. The van der Waals surface area contributed by atoms with E-state index >= 15 is 4.39 Å². The summed E-state index contributed by atoms with van der Waals surface area (Å²) in [6, 6.07) is 9.40. The first-order valence-corrected chi connectivity index (χ1v) is 12.9. The molecule has 11 heteroatoms. The van der Waals surface area contributed by atoms with Crippen molar-refractivity contribution < 1.29 is 23.4 Å². The Labute approximate surface area is 230 Å². The molecule has 1 N–H and O–H groups in total. The van der Waals surface area contributed by atoms with E-state index in [9.17, 15) is 9.59 Å². The molecule has 1 atom stereocenters. The summed E-state index contributed by atoms with van der Waals surface area (Å²) in [5.74, 6) is 1.15. The molecule has 0 spiro atoms. The van der Waals surface area contributed by atoms with Gasteiger partial charge < -0.3 is 24.4 Å². The number of anilines is 1. The second-order valence-corrected chi connectivity index (χ2v) is 9.59. The summed E-state index contributed by atoms with van der Waals surface area (Å²) in [5, 5.41) is 3.89. The number of likely N-dealkylation sites (tertiary alicyclic amines) is 1.